The molecule has 0 radical (unpaired) electrons. The molecule has 1 atom stereocenters. The van der Waals surface area contributed by atoms with Crippen molar-refractivity contribution in [1.29, 1.82) is 0 Å². The lowest BCUT2D eigenvalue weighted by molar-refractivity contribution is -0.124. The van der Waals surface area contributed by atoms with Crippen LogP contribution >= 0.6 is 0 Å². The van der Waals surface area contributed by atoms with Gasteiger partial charge in [0.1, 0.15) is 0 Å². The summed E-state index contributed by atoms with van der Waals surface area (Å²) in [5.74, 6) is 4.03. The molecule has 3 heteroatoms. The maximum atomic E-state index is 12.1. The number of carbonyl (C=O) groups excluding carboxylic acids is 1. The summed E-state index contributed by atoms with van der Waals surface area (Å²) in [4.78, 5) is 12.1. The zero-order chi connectivity index (χ0) is 12.8. The van der Waals surface area contributed by atoms with Gasteiger partial charge < -0.3 is 10.6 Å². The average molecular weight is 262 g/mol. The van der Waals surface area contributed by atoms with Crippen LogP contribution in [0.15, 0.2) is 0 Å². The predicted molar refractivity (Wildman–Crippen MR) is 74.6 cm³/mol. The minimum atomic E-state index is 0.0880. The SMILES string of the molecule is O=C1NCCCC[C@H]1NC1C2CC3CC(C2)CC1C3. The van der Waals surface area contributed by atoms with E-state index in [0.29, 0.717) is 6.04 Å². The zero-order valence-electron chi connectivity index (χ0n) is 11.7. The molecule has 1 aliphatic heterocycles. The van der Waals surface area contributed by atoms with Crippen molar-refractivity contribution in [3.63, 3.8) is 0 Å². The number of rotatable bonds is 2. The van der Waals surface area contributed by atoms with E-state index < -0.39 is 0 Å². The van der Waals surface area contributed by atoms with Crippen LogP contribution in [0.25, 0.3) is 0 Å². The molecular formula is C16H26N2O. The maximum Gasteiger partial charge on any atom is 0.237 e. The highest BCUT2D eigenvalue weighted by atomic mass is 16.2. The summed E-state index contributed by atoms with van der Waals surface area (Å²) < 4.78 is 0. The third kappa shape index (κ3) is 2.20. The monoisotopic (exact) mass is 262 g/mol. The van der Waals surface area contributed by atoms with Crippen molar-refractivity contribution >= 4 is 5.91 Å². The molecule has 4 aliphatic carbocycles. The Morgan fingerprint density at radius 2 is 1.63 bits per heavy atom. The molecule has 1 amide bonds. The first kappa shape index (κ1) is 12.2. The van der Waals surface area contributed by atoms with Gasteiger partial charge in [0, 0.05) is 12.6 Å². The maximum absolute atomic E-state index is 12.1. The molecule has 106 valence electrons. The van der Waals surface area contributed by atoms with Gasteiger partial charge in [0.05, 0.1) is 6.04 Å². The quantitative estimate of drug-likeness (QED) is 0.800. The molecule has 0 spiro atoms. The first-order valence-electron chi connectivity index (χ1n) is 8.33. The molecular weight excluding hydrogens is 236 g/mol. The summed E-state index contributed by atoms with van der Waals surface area (Å²) >= 11 is 0. The predicted octanol–water partition coefficient (Wildman–Crippen LogP) is 2.07. The van der Waals surface area contributed by atoms with Crippen LogP contribution < -0.4 is 10.6 Å². The number of nitrogens with one attached hydrogen (secondary N) is 2. The van der Waals surface area contributed by atoms with E-state index in [0.717, 1.165) is 43.1 Å². The van der Waals surface area contributed by atoms with Gasteiger partial charge in [-0.1, -0.05) is 0 Å². The first-order valence-corrected chi connectivity index (χ1v) is 8.33. The normalized spacial score (nSPS) is 48.9. The van der Waals surface area contributed by atoms with E-state index in [9.17, 15) is 4.79 Å². The fourth-order valence-electron chi connectivity index (χ4n) is 5.53. The summed E-state index contributed by atoms with van der Waals surface area (Å²) in [6, 6.07) is 0.728. The standard InChI is InChI=1S/C16H26N2O/c19-16-14(3-1-2-4-17-16)18-15-12-6-10-5-11(8-12)9-13(15)7-10/h10-15,18H,1-9H2,(H,17,19)/t10?,11?,12?,13?,14-,15?/m1/s1. The van der Waals surface area contributed by atoms with Gasteiger partial charge in [-0.05, 0) is 75.0 Å². The lowest BCUT2D eigenvalue weighted by Crippen LogP contribution is -2.59. The van der Waals surface area contributed by atoms with Gasteiger partial charge in [0.25, 0.3) is 0 Å². The van der Waals surface area contributed by atoms with Gasteiger partial charge in [-0.2, -0.15) is 0 Å². The van der Waals surface area contributed by atoms with E-state index in [2.05, 4.69) is 10.6 Å². The molecule has 1 saturated heterocycles. The Balaban J connectivity index is 1.46. The Kier molecular flexibility index (Phi) is 3.06. The highest BCUT2D eigenvalue weighted by Gasteiger charge is 2.48. The van der Waals surface area contributed by atoms with Crippen molar-refractivity contribution in [3.8, 4) is 0 Å². The smallest absolute Gasteiger partial charge is 0.237 e. The van der Waals surface area contributed by atoms with Gasteiger partial charge in [-0.15, -0.1) is 0 Å². The molecule has 0 aromatic carbocycles. The Morgan fingerprint density at radius 1 is 0.947 bits per heavy atom. The average Bonchev–Trinajstić information content (AvgIpc) is 2.58. The number of hydrogen-bond acceptors (Lipinski definition) is 2. The molecule has 0 aromatic heterocycles. The van der Waals surface area contributed by atoms with Crippen molar-refractivity contribution in [1.82, 2.24) is 10.6 Å². The zero-order valence-corrected chi connectivity index (χ0v) is 11.7. The van der Waals surface area contributed by atoms with E-state index in [-0.39, 0.29) is 11.9 Å². The molecule has 4 saturated carbocycles. The van der Waals surface area contributed by atoms with E-state index >= 15 is 0 Å². The number of hydrogen-bond donors (Lipinski definition) is 2. The highest BCUT2D eigenvalue weighted by Crippen LogP contribution is 2.53. The Labute approximate surface area is 115 Å². The third-order valence-electron chi connectivity index (χ3n) is 6.16. The van der Waals surface area contributed by atoms with Crippen LogP contribution in [0.4, 0.5) is 0 Å². The van der Waals surface area contributed by atoms with Gasteiger partial charge in [0.2, 0.25) is 5.91 Å². The van der Waals surface area contributed by atoms with Crippen LogP contribution in [-0.4, -0.2) is 24.5 Å². The lowest BCUT2D eigenvalue weighted by atomic mass is 9.54. The second kappa shape index (κ2) is 4.76. The largest absolute Gasteiger partial charge is 0.355 e. The van der Waals surface area contributed by atoms with Crippen LogP contribution in [0.3, 0.4) is 0 Å². The summed E-state index contributed by atoms with van der Waals surface area (Å²) in [5, 5.41) is 6.84. The molecule has 4 bridgehead atoms. The van der Waals surface area contributed by atoms with E-state index in [1.807, 2.05) is 0 Å². The van der Waals surface area contributed by atoms with Crippen LogP contribution in [0.1, 0.15) is 51.4 Å². The molecule has 3 nitrogen and oxygen atoms in total. The van der Waals surface area contributed by atoms with E-state index in [4.69, 9.17) is 0 Å². The van der Waals surface area contributed by atoms with Gasteiger partial charge in [0.15, 0.2) is 0 Å². The fourth-order valence-corrected chi connectivity index (χ4v) is 5.53. The molecule has 5 fully saturated rings. The van der Waals surface area contributed by atoms with Crippen LogP contribution in [0.5, 0.6) is 0 Å². The van der Waals surface area contributed by atoms with Crippen molar-refractivity contribution in [2.45, 2.75) is 63.5 Å². The Morgan fingerprint density at radius 3 is 2.32 bits per heavy atom. The third-order valence-corrected chi connectivity index (χ3v) is 6.16. The number of carbonyl (C=O) groups is 1. The number of amides is 1. The highest BCUT2D eigenvalue weighted by molar-refractivity contribution is 5.81. The first-order chi connectivity index (χ1) is 9.29. The molecule has 0 unspecified atom stereocenters. The molecule has 2 N–H and O–H groups in total. The summed E-state index contributed by atoms with van der Waals surface area (Å²) in [6.07, 6.45) is 10.6. The van der Waals surface area contributed by atoms with Crippen molar-refractivity contribution in [2.75, 3.05) is 6.54 Å². The Bertz CT molecular complexity index is 340. The second-order valence-electron chi connectivity index (χ2n) is 7.46. The van der Waals surface area contributed by atoms with Crippen LogP contribution in [-0.2, 0) is 4.79 Å². The molecule has 1 heterocycles. The fraction of sp³-hybridized carbons (Fsp3) is 0.938. The molecule has 5 rings (SSSR count). The minimum Gasteiger partial charge on any atom is -0.355 e. The topological polar surface area (TPSA) is 41.1 Å². The van der Waals surface area contributed by atoms with Crippen molar-refractivity contribution in [2.24, 2.45) is 23.7 Å². The van der Waals surface area contributed by atoms with Crippen molar-refractivity contribution in [3.05, 3.63) is 0 Å². The second-order valence-corrected chi connectivity index (χ2v) is 7.46. The van der Waals surface area contributed by atoms with Crippen LogP contribution in [0, 0.1) is 23.7 Å². The summed E-state index contributed by atoms with van der Waals surface area (Å²) in [6.45, 7) is 0.874. The molecule has 19 heavy (non-hydrogen) atoms. The lowest BCUT2D eigenvalue weighted by Gasteiger charge is -2.55. The van der Waals surface area contributed by atoms with E-state index in [1.54, 1.807) is 0 Å². The minimum absolute atomic E-state index is 0.0880. The molecule has 5 aliphatic rings. The van der Waals surface area contributed by atoms with Crippen molar-refractivity contribution < 1.29 is 4.79 Å². The van der Waals surface area contributed by atoms with Gasteiger partial charge in [-0.3, -0.25) is 4.79 Å². The van der Waals surface area contributed by atoms with Crippen LogP contribution in [0.2, 0.25) is 0 Å². The Hall–Kier alpha value is -0.570. The summed E-state index contributed by atoms with van der Waals surface area (Å²) in [5.41, 5.74) is 0. The van der Waals surface area contributed by atoms with Gasteiger partial charge >= 0.3 is 0 Å². The van der Waals surface area contributed by atoms with Gasteiger partial charge in [-0.25, -0.2) is 0 Å². The summed E-state index contributed by atoms with van der Waals surface area (Å²) in [7, 11) is 0. The van der Waals surface area contributed by atoms with E-state index in [1.165, 1.54) is 38.5 Å². The molecule has 0 aromatic rings.